The molecule has 1 atom stereocenters. The zero-order valence-corrected chi connectivity index (χ0v) is 13.1. The molecule has 1 fully saturated rings. The summed E-state index contributed by atoms with van der Waals surface area (Å²) in [5.41, 5.74) is 1.10. The second-order valence-corrected chi connectivity index (χ2v) is 6.02. The van der Waals surface area contributed by atoms with Gasteiger partial charge in [0.25, 0.3) is 0 Å². The van der Waals surface area contributed by atoms with Crippen LogP contribution >= 0.6 is 11.6 Å². The van der Waals surface area contributed by atoms with Crippen molar-refractivity contribution in [1.29, 1.82) is 0 Å². The second kappa shape index (κ2) is 7.87. The Hall–Kier alpha value is -0.770. The molecule has 0 amide bonds. The summed E-state index contributed by atoms with van der Waals surface area (Å²) in [6, 6.07) is 6.22. The predicted molar refractivity (Wildman–Crippen MR) is 82.5 cm³/mol. The van der Waals surface area contributed by atoms with Crippen molar-refractivity contribution in [3.8, 4) is 5.75 Å². The summed E-state index contributed by atoms with van der Waals surface area (Å²) in [6.45, 7) is 6.49. The third-order valence-electron chi connectivity index (χ3n) is 3.42. The molecule has 1 aliphatic rings. The molecule has 1 unspecified atom stereocenters. The average molecular weight is 298 g/mol. The van der Waals surface area contributed by atoms with Crippen LogP contribution in [-0.4, -0.2) is 25.4 Å². The lowest BCUT2D eigenvalue weighted by atomic mass is 10.1. The minimum atomic E-state index is 0.227. The van der Waals surface area contributed by atoms with Crippen LogP contribution in [0.15, 0.2) is 18.2 Å². The van der Waals surface area contributed by atoms with Crippen molar-refractivity contribution in [3.63, 3.8) is 0 Å². The van der Waals surface area contributed by atoms with Gasteiger partial charge in [0.1, 0.15) is 12.4 Å². The fourth-order valence-electron chi connectivity index (χ4n) is 2.26. The van der Waals surface area contributed by atoms with Crippen molar-refractivity contribution >= 4 is 11.6 Å². The van der Waals surface area contributed by atoms with E-state index in [2.05, 4.69) is 19.2 Å². The molecular weight excluding hydrogens is 274 g/mol. The molecule has 3 nitrogen and oxygen atoms in total. The van der Waals surface area contributed by atoms with Gasteiger partial charge in [-0.05, 0) is 37.5 Å². The van der Waals surface area contributed by atoms with Crippen molar-refractivity contribution < 1.29 is 9.47 Å². The van der Waals surface area contributed by atoms with E-state index in [1.807, 2.05) is 18.2 Å². The maximum Gasteiger partial charge on any atom is 0.124 e. The van der Waals surface area contributed by atoms with Crippen molar-refractivity contribution in [3.05, 3.63) is 28.8 Å². The SMILES string of the molecule is CC(C)NCc1cc(Cl)ccc1OCC1CCCCO1. The van der Waals surface area contributed by atoms with Crippen LogP contribution in [0.3, 0.4) is 0 Å². The van der Waals surface area contributed by atoms with Gasteiger partial charge in [0.2, 0.25) is 0 Å². The van der Waals surface area contributed by atoms with Gasteiger partial charge in [0.05, 0.1) is 6.10 Å². The van der Waals surface area contributed by atoms with E-state index in [9.17, 15) is 0 Å². The number of hydrogen-bond donors (Lipinski definition) is 1. The van der Waals surface area contributed by atoms with E-state index in [-0.39, 0.29) is 6.10 Å². The zero-order chi connectivity index (χ0) is 14.4. The van der Waals surface area contributed by atoms with Gasteiger partial charge in [0, 0.05) is 29.8 Å². The van der Waals surface area contributed by atoms with Crippen molar-refractivity contribution in [2.24, 2.45) is 0 Å². The van der Waals surface area contributed by atoms with Crippen LogP contribution in [0.1, 0.15) is 38.7 Å². The topological polar surface area (TPSA) is 30.5 Å². The van der Waals surface area contributed by atoms with Gasteiger partial charge in [-0.25, -0.2) is 0 Å². The highest BCUT2D eigenvalue weighted by Crippen LogP contribution is 2.24. The summed E-state index contributed by atoms with van der Waals surface area (Å²) in [4.78, 5) is 0. The van der Waals surface area contributed by atoms with Crippen LogP contribution < -0.4 is 10.1 Å². The number of nitrogens with one attached hydrogen (secondary N) is 1. The standard InChI is InChI=1S/C16H24ClNO2/c1-12(2)18-10-13-9-14(17)6-7-16(13)20-11-15-5-3-4-8-19-15/h6-7,9,12,15,18H,3-5,8,10-11H2,1-2H3. The van der Waals surface area contributed by atoms with E-state index in [0.29, 0.717) is 12.6 Å². The Kier molecular flexibility index (Phi) is 6.14. The number of rotatable bonds is 6. The van der Waals surface area contributed by atoms with E-state index in [0.717, 1.165) is 35.9 Å². The molecule has 1 N–H and O–H groups in total. The quantitative estimate of drug-likeness (QED) is 0.866. The third-order valence-corrected chi connectivity index (χ3v) is 3.66. The Bertz CT molecular complexity index is 417. The van der Waals surface area contributed by atoms with Crippen LogP contribution in [-0.2, 0) is 11.3 Å². The summed E-state index contributed by atoms with van der Waals surface area (Å²) < 4.78 is 11.6. The van der Waals surface area contributed by atoms with E-state index < -0.39 is 0 Å². The molecule has 1 saturated heterocycles. The first kappa shape index (κ1) is 15.6. The number of halogens is 1. The lowest BCUT2D eigenvalue weighted by Crippen LogP contribution is -2.26. The molecule has 0 radical (unpaired) electrons. The Morgan fingerprint density at radius 2 is 2.25 bits per heavy atom. The largest absolute Gasteiger partial charge is 0.491 e. The molecule has 1 aromatic carbocycles. The first-order valence-electron chi connectivity index (χ1n) is 7.41. The minimum absolute atomic E-state index is 0.227. The summed E-state index contributed by atoms with van der Waals surface area (Å²) in [5, 5.41) is 4.14. The molecule has 0 spiro atoms. The Morgan fingerprint density at radius 1 is 1.40 bits per heavy atom. The summed E-state index contributed by atoms with van der Waals surface area (Å²) in [6.07, 6.45) is 3.72. The van der Waals surface area contributed by atoms with Crippen LogP contribution in [0.5, 0.6) is 5.75 Å². The Balaban J connectivity index is 1.94. The lowest BCUT2D eigenvalue weighted by molar-refractivity contribution is -0.0112. The van der Waals surface area contributed by atoms with E-state index >= 15 is 0 Å². The zero-order valence-electron chi connectivity index (χ0n) is 12.3. The molecule has 112 valence electrons. The minimum Gasteiger partial charge on any atom is -0.491 e. The van der Waals surface area contributed by atoms with Crippen LogP contribution in [0.25, 0.3) is 0 Å². The van der Waals surface area contributed by atoms with Crippen LogP contribution in [0.2, 0.25) is 5.02 Å². The van der Waals surface area contributed by atoms with E-state index in [4.69, 9.17) is 21.1 Å². The van der Waals surface area contributed by atoms with Crippen LogP contribution in [0, 0.1) is 0 Å². The molecular formula is C16H24ClNO2. The number of hydrogen-bond acceptors (Lipinski definition) is 3. The Labute approximate surface area is 126 Å². The molecule has 1 aliphatic heterocycles. The summed E-state index contributed by atoms with van der Waals surface area (Å²) in [7, 11) is 0. The molecule has 20 heavy (non-hydrogen) atoms. The summed E-state index contributed by atoms with van der Waals surface area (Å²) in [5.74, 6) is 0.900. The fraction of sp³-hybridized carbons (Fsp3) is 0.625. The number of benzene rings is 1. The van der Waals surface area contributed by atoms with E-state index in [1.165, 1.54) is 12.8 Å². The predicted octanol–water partition coefficient (Wildman–Crippen LogP) is 3.79. The molecule has 0 saturated carbocycles. The highest BCUT2D eigenvalue weighted by Gasteiger charge is 2.15. The number of ether oxygens (including phenoxy) is 2. The van der Waals surface area contributed by atoms with Gasteiger partial charge in [-0.1, -0.05) is 25.4 Å². The normalized spacial score (nSPS) is 19.3. The molecule has 0 aliphatic carbocycles. The average Bonchev–Trinajstić information content (AvgIpc) is 2.45. The van der Waals surface area contributed by atoms with Gasteiger partial charge >= 0.3 is 0 Å². The third kappa shape index (κ3) is 4.97. The smallest absolute Gasteiger partial charge is 0.124 e. The Morgan fingerprint density at radius 3 is 2.95 bits per heavy atom. The molecule has 0 bridgehead atoms. The second-order valence-electron chi connectivity index (χ2n) is 5.59. The molecule has 1 aromatic rings. The molecule has 4 heteroatoms. The molecule has 1 heterocycles. The highest BCUT2D eigenvalue weighted by molar-refractivity contribution is 6.30. The van der Waals surface area contributed by atoms with Gasteiger partial charge < -0.3 is 14.8 Å². The van der Waals surface area contributed by atoms with Gasteiger partial charge in [-0.2, -0.15) is 0 Å². The first-order chi connectivity index (χ1) is 9.65. The van der Waals surface area contributed by atoms with Crippen molar-refractivity contribution in [2.45, 2.75) is 51.8 Å². The monoisotopic (exact) mass is 297 g/mol. The van der Waals surface area contributed by atoms with Crippen molar-refractivity contribution in [1.82, 2.24) is 5.32 Å². The molecule has 0 aromatic heterocycles. The van der Waals surface area contributed by atoms with Crippen LogP contribution in [0.4, 0.5) is 0 Å². The van der Waals surface area contributed by atoms with Gasteiger partial charge in [0.15, 0.2) is 0 Å². The highest BCUT2D eigenvalue weighted by atomic mass is 35.5. The summed E-state index contributed by atoms with van der Waals surface area (Å²) >= 11 is 6.07. The molecule has 2 rings (SSSR count). The van der Waals surface area contributed by atoms with E-state index in [1.54, 1.807) is 0 Å². The van der Waals surface area contributed by atoms with Gasteiger partial charge in [-0.3, -0.25) is 0 Å². The maximum atomic E-state index is 6.07. The lowest BCUT2D eigenvalue weighted by Gasteiger charge is -2.23. The van der Waals surface area contributed by atoms with Gasteiger partial charge in [-0.15, -0.1) is 0 Å². The maximum absolute atomic E-state index is 6.07. The fourth-order valence-corrected chi connectivity index (χ4v) is 2.46. The first-order valence-corrected chi connectivity index (χ1v) is 7.79. The van der Waals surface area contributed by atoms with Crippen molar-refractivity contribution in [2.75, 3.05) is 13.2 Å².